The normalized spacial score (nSPS) is 13.3. The number of hydrogen-bond donors (Lipinski definition) is 0. The first-order valence-corrected chi connectivity index (χ1v) is 5.53. The maximum atomic E-state index is 10.6. The Bertz CT molecular complexity index is 236. The summed E-state index contributed by atoms with van der Waals surface area (Å²) in [6.45, 7) is 5.26. The van der Waals surface area contributed by atoms with Crippen molar-refractivity contribution in [2.75, 3.05) is 26.4 Å². The minimum Gasteiger partial charge on any atom is -0.481 e. The molecular weight excluding hydrogens is 228 g/mol. The van der Waals surface area contributed by atoms with Crippen molar-refractivity contribution in [3.63, 3.8) is 0 Å². The summed E-state index contributed by atoms with van der Waals surface area (Å²) in [7, 11) is 0. The Morgan fingerprint density at radius 1 is 1.12 bits per heavy atom. The molecule has 0 aromatic carbocycles. The topological polar surface area (TPSA) is 87.1 Å². The summed E-state index contributed by atoms with van der Waals surface area (Å²) < 4.78 is 13.3. The van der Waals surface area contributed by atoms with Crippen molar-refractivity contribution in [3.8, 4) is 0 Å². The average molecular weight is 246 g/mol. The van der Waals surface area contributed by atoms with Gasteiger partial charge in [0.25, 0.3) is 0 Å². The number of imide groups is 1. The Labute approximate surface area is 100 Å². The fourth-order valence-electron chi connectivity index (χ4n) is 0.954. The zero-order valence-electron chi connectivity index (χ0n) is 10.2. The van der Waals surface area contributed by atoms with E-state index in [2.05, 4.69) is 9.47 Å². The highest BCUT2D eigenvalue weighted by Crippen LogP contribution is 1.98. The van der Waals surface area contributed by atoms with Gasteiger partial charge in [-0.05, 0) is 26.7 Å². The Kier molecular flexibility index (Phi) is 8.85. The molecule has 2 amide bonds. The Hall–Kier alpha value is -1.50. The smallest absolute Gasteiger partial charge is 0.481 e. The second kappa shape index (κ2) is 9.71. The number of amides is 2. The van der Waals surface area contributed by atoms with Gasteiger partial charge in [-0.1, -0.05) is 0 Å². The van der Waals surface area contributed by atoms with E-state index in [1.54, 1.807) is 13.8 Å². The number of nitrogens with zero attached hydrogens (tertiary/aromatic N) is 2. The molecule has 7 nitrogen and oxygen atoms in total. The van der Waals surface area contributed by atoms with Gasteiger partial charge in [0.15, 0.2) is 0 Å². The van der Waals surface area contributed by atoms with Gasteiger partial charge in [0, 0.05) is 13.2 Å². The van der Waals surface area contributed by atoms with Gasteiger partial charge < -0.3 is 19.7 Å². The molecule has 0 atom stereocenters. The number of rotatable bonds is 2. The molecule has 0 unspecified atom stereocenters. The van der Waals surface area contributed by atoms with E-state index < -0.39 is 12.2 Å². The van der Waals surface area contributed by atoms with Crippen molar-refractivity contribution in [1.82, 2.24) is 0 Å². The minimum absolute atomic E-state index is 0.0787. The predicted octanol–water partition coefficient (Wildman–Crippen LogP) is 2.13. The Balaban J connectivity index is 0.000000419. The zero-order valence-corrected chi connectivity index (χ0v) is 10.2. The van der Waals surface area contributed by atoms with Crippen LogP contribution in [0.4, 0.5) is 9.59 Å². The molecule has 1 rings (SSSR count). The van der Waals surface area contributed by atoms with Gasteiger partial charge in [-0.3, -0.25) is 0 Å². The minimum atomic E-state index is -1.14. The van der Waals surface area contributed by atoms with Crippen molar-refractivity contribution >= 4 is 12.2 Å². The summed E-state index contributed by atoms with van der Waals surface area (Å²) >= 11 is 0. The van der Waals surface area contributed by atoms with Crippen LogP contribution in [0.1, 0.15) is 26.7 Å². The van der Waals surface area contributed by atoms with Crippen LogP contribution in [0.2, 0.25) is 0 Å². The number of ether oxygens (including phenoxy) is 3. The summed E-state index contributed by atoms with van der Waals surface area (Å²) in [5.74, 6) is 0. The third kappa shape index (κ3) is 7.40. The van der Waals surface area contributed by atoms with Gasteiger partial charge in [-0.2, -0.15) is 9.59 Å². The van der Waals surface area contributed by atoms with E-state index >= 15 is 0 Å². The highest BCUT2D eigenvalue weighted by atomic mass is 16.6. The zero-order chi connectivity index (χ0) is 13.1. The quantitative estimate of drug-likeness (QED) is 0.550. The van der Waals surface area contributed by atoms with E-state index in [1.807, 2.05) is 0 Å². The fraction of sp³-hybridized carbons (Fsp3) is 0.800. The Morgan fingerprint density at radius 3 is 1.76 bits per heavy atom. The van der Waals surface area contributed by atoms with Crippen LogP contribution in [0, 0.1) is 0 Å². The third-order valence-corrected chi connectivity index (χ3v) is 1.71. The molecule has 0 aromatic rings. The summed E-state index contributed by atoms with van der Waals surface area (Å²) in [4.78, 5) is 21.2. The molecule has 0 aromatic heterocycles. The van der Waals surface area contributed by atoms with Gasteiger partial charge in [-0.15, -0.1) is 4.70 Å². The SMILES string of the molecule is C1CCOC1.CCOC(=O)[N+](=[N-])C(=O)OCC. The molecule has 0 bridgehead atoms. The Morgan fingerprint density at radius 2 is 1.53 bits per heavy atom. The van der Waals surface area contributed by atoms with E-state index in [0.29, 0.717) is 0 Å². The molecule has 0 saturated carbocycles. The second-order valence-electron chi connectivity index (χ2n) is 3.03. The molecule has 0 spiro atoms. The molecule has 17 heavy (non-hydrogen) atoms. The summed E-state index contributed by atoms with van der Waals surface area (Å²) in [6, 6.07) is 0. The van der Waals surface area contributed by atoms with Crippen LogP contribution in [-0.2, 0) is 14.2 Å². The summed E-state index contributed by atoms with van der Waals surface area (Å²) in [5, 5.41) is 0. The van der Waals surface area contributed by atoms with Crippen molar-refractivity contribution in [2.45, 2.75) is 26.7 Å². The van der Waals surface area contributed by atoms with Crippen LogP contribution in [0.25, 0.3) is 5.53 Å². The van der Waals surface area contributed by atoms with E-state index in [9.17, 15) is 9.59 Å². The molecule has 7 heteroatoms. The largest absolute Gasteiger partial charge is 0.596 e. The molecule has 1 aliphatic heterocycles. The van der Waals surface area contributed by atoms with Crippen LogP contribution in [-0.4, -0.2) is 43.3 Å². The van der Waals surface area contributed by atoms with Crippen molar-refractivity contribution < 1.29 is 28.5 Å². The summed E-state index contributed by atoms with van der Waals surface area (Å²) in [5.41, 5.74) is 8.73. The lowest BCUT2D eigenvalue weighted by molar-refractivity contribution is -0.389. The van der Waals surface area contributed by atoms with Crippen molar-refractivity contribution in [3.05, 3.63) is 5.53 Å². The molecule has 98 valence electrons. The predicted molar refractivity (Wildman–Crippen MR) is 57.7 cm³/mol. The number of carbonyl (C=O) groups is 2. The average Bonchev–Trinajstić information content (AvgIpc) is 2.87. The lowest BCUT2D eigenvalue weighted by Gasteiger charge is -2.00. The molecular formula is C10H18N2O5. The molecule has 1 heterocycles. The van der Waals surface area contributed by atoms with Gasteiger partial charge in [-0.25, -0.2) is 0 Å². The fourth-order valence-corrected chi connectivity index (χ4v) is 0.954. The highest BCUT2D eigenvalue weighted by Gasteiger charge is 2.23. The standard InChI is InChI=1S/C6H10N2O4.C4H8O/c1-3-11-5(9)8(7)6(10)12-4-2;1-2-4-5-3-1/h3-4H2,1-2H3;1-4H2. The second-order valence-corrected chi connectivity index (χ2v) is 3.03. The highest BCUT2D eigenvalue weighted by molar-refractivity contribution is 5.72. The van der Waals surface area contributed by atoms with Crippen molar-refractivity contribution in [1.29, 1.82) is 0 Å². The molecule has 1 saturated heterocycles. The first kappa shape index (κ1) is 15.5. The molecule has 0 aliphatic carbocycles. The van der Waals surface area contributed by atoms with Crippen LogP contribution in [0.3, 0.4) is 0 Å². The van der Waals surface area contributed by atoms with Crippen LogP contribution in [0.15, 0.2) is 0 Å². The maximum absolute atomic E-state index is 10.6. The van der Waals surface area contributed by atoms with Crippen LogP contribution < -0.4 is 0 Å². The van der Waals surface area contributed by atoms with E-state index in [-0.39, 0.29) is 17.9 Å². The van der Waals surface area contributed by atoms with Crippen LogP contribution >= 0.6 is 0 Å². The lowest BCUT2D eigenvalue weighted by atomic mass is 10.4. The molecule has 1 fully saturated rings. The molecule has 0 radical (unpaired) electrons. The number of hydrogen-bond acceptors (Lipinski definition) is 5. The summed E-state index contributed by atoms with van der Waals surface area (Å²) in [6.07, 6.45) is 0.270. The van der Waals surface area contributed by atoms with E-state index in [0.717, 1.165) is 13.2 Å². The first-order chi connectivity index (χ1) is 8.13. The van der Waals surface area contributed by atoms with Gasteiger partial charge in [0.05, 0.1) is 13.2 Å². The molecule has 1 aliphatic rings. The molecule has 0 N–H and O–H groups in total. The van der Waals surface area contributed by atoms with Gasteiger partial charge in [0.1, 0.15) is 0 Å². The number of carbonyl (C=O) groups excluding carboxylic acids is 2. The van der Waals surface area contributed by atoms with E-state index in [1.165, 1.54) is 12.8 Å². The first-order valence-electron chi connectivity index (χ1n) is 5.53. The van der Waals surface area contributed by atoms with E-state index in [4.69, 9.17) is 10.3 Å². The maximum Gasteiger partial charge on any atom is 0.596 e. The van der Waals surface area contributed by atoms with Crippen molar-refractivity contribution in [2.24, 2.45) is 0 Å². The lowest BCUT2D eigenvalue weighted by Crippen LogP contribution is -2.26. The third-order valence-electron chi connectivity index (χ3n) is 1.71. The van der Waals surface area contributed by atoms with Gasteiger partial charge >= 0.3 is 12.2 Å². The van der Waals surface area contributed by atoms with Gasteiger partial charge in [0.2, 0.25) is 0 Å². The van der Waals surface area contributed by atoms with Crippen LogP contribution in [0.5, 0.6) is 0 Å². The monoisotopic (exact) mass is 246 g/mol.